The maximum atomic E-state index is 12.9. The summed E-state index contributed by atoms with van der Waals surface area (Å²) in [7, 11) is 1.52. The van der Waals surface area contributed by atoms with E-state index in [2.05, 4.69) is 62.4 Å². The Balaban J connectivity index is 1.56. The van der Waals surface area contributed by atoms with E-state index < -0.39 is 5.41 Å². The average molecular weight is 477 g/mol. The van der Waals surface area contributed by atoms with Gasteiger partial charge in [-0.2, -0.15) is 0 Å². The van der Waals surface area contributed by atoms with E-state index in [1.807, 2.05) is 24.3 Å². The van der Waals surface area contributed by atoms with Gasteiger partial charge in [0.15, 0.2) is 0 Å². The second-order valence-electron chi connectivity index (χ2n) is 10.9. The van der Waals surface area contributed by atoms with Crippen molar-refractivity contribution in [2.75, 3.05) is 7.11 Å². The standard InChI is InChI=1S/C32H32N2O2/c1-31-19-10-20-32(2,30(35)36-3)26(31)18-15-23-24(31)16-17-25-29(23)34-28(22-13-8-5-9-14-22)27(33-25)21-11-6-4-7-12-21/h4-9,11-14,16-17,26H,10,15,18-20H2,1-3H3/t26?,31-,32-/m1/s1. The van der Waals surface area contributed by atoms with Gasteiger partial charge in [-0.15, -0.1) is 0 Å². The number of nitrogens with zero attached hydrogens (tertiary/aromatic N) is 2. The quantitative estimate of drug-likeness (QED) is 0.295. The fraction of sp³-hybridized carbons (Fsp3) is 0.344. The smallest absolute Gasteiger partial charge is 0.311 e. The number of fused-ring (bicyclic) bond motifs is 5. The first-order valence-electron chi connectivity index (χ1n) is 13.0. The van der Waals surface area contributed by atoms with E-state index >= 15 is 0 Å². The third-order valence-corrected chi connectivity index (χ3v) is 8.92. The molecule has 2 aliphatic rings. The van der Waals surface area contributed by atoms with Crippen molar-refractivity contribution < 1.29 is 9.53 Å². The van der Waals surface area contributed by atoms with Crippen LogP contribution in [0.15, 0.2) is 72.8 Å². The Morgan fingerprint density at radius 3 is 2.14 bits per heavy atom. The molecule has 4 nitrogen and oxygen atoms in total. The van der Waals surface area contributed by atoms with Gasteiger partial charge in [-0.05, 0) is 61.1 Å². The van der Waals surface area contributed by atoms with Gasteiger partial charge < -0.3 is 4.74 Å². The van der Waals surface area contributed by atoms with Gasteiger partial charge in [0.05, 0.1) is 34.9 Å². The number of methoxy groups -OCH3 is 1. The van der Waals surface area contributed by atoms with Crippen molar-refractivity contribution in [3.05, 3.63) is 83.9 Å². The van der Waals surface area contributed by atoms with Gasteiger partial charge in [-0.25, -0.2) is 9.97 Å². The summed E-state index contributed by atoms with van der Waals surface area (Å²) in [5.74, 6) is 0.183. The molecule has 1 saturated carbocycles. The Bertz CT molecular complexity index is 1450. The van der Waals surface area contributed by atoms with E-state index in [0.29, 0.717) is 0 Å². The molecule has 3 aromatic carbocycles. The summed E-state index contributed by atoms with van der Waals surface area (Å²) >= 11 is 0. The van der Waals surface area contributed by atoms with E-state index in [0.717, 1.165) is 65.7 Å². The average Bonchev–Trinajstić information content (AvgIpc) is 2.92. The van der Waals surface area contributed by atoms with Crippen LogP contribution in [0.1, 0.15) is 50.7 Å². The SMILES string of the molecule is COC(=O)[C@]1(C)CCC[C@]2(C)c3ccc4nc(-c5ccccc5)c(-c5ccccc5)nc4c3CCC12. The number of carbonyl (C=O) groups is 1. The van der Waals surface area contributed by atoms with E-state index in [1.54, 1.807) is 0 Å². The van der Waals surface area contributed by atoms with E-state index in [4.69, 9.17) is 14.7 Å². The lowest BCUT2D eigenvalue weighted by Gasteiger charge is -2.54. The predicted molar refractivity (Wildman–Crippen MR) is 144 cm³/mol. The van der Waals surface area contributed by atoms with E-state index in [-0.39, 0.29) is 17.3 Å². The van der Waals surface area contributed by atoms with E-state index in [9.17, 15) is 4.79 Å². The Hall–Kier alpha value is -3.53. The molecule has 36 heavy (non-hydrogen) atoms. The highest BCUT2D eigenvalue weighted by atomic mass is 16.5. The monoisotopic (exact) mass is 476 g/mol. The molecule has 6 rings (SSSR count). The van der Waals surface area contributed by atoms with Crippen LogP contribution in [0.3, 0.4) is 0 Å². The molecule has 0 aliphatic heterocycles. The summed E-state index contributed by atoms with van der Waals surface area (Å²) in [6.45, 7) is 4.47. The van der Waals surface area contributed by atoms with Gasteiger partial charge in [0.2, 0.25) is 0 Å². The molecule has 1 heterocycles. The minimum Gasteiger partial charge on any atom is -0.469 e. The summed E-state index contributed by atoms with van der Waals surface area (Å²) in [4.78, 5) is 23.5. The third-order valence-electron chi connectivity index (χ3n) is 8.92. The van der Waals surface area contributed by atoms with Crippen molar-refractivity contribution in [3.63, 3.8) is 0 Å². The van der Waals surface area contributed by atoms with Crippen LogP contribution in [0.4, 0.5) is 0 Å². The Labute approximate surface area is 212 Å². The number of aromatic nitrogens is 2. The molecule has 3 atom stereocenters. The van der Waals surface area contributed by atoms with Crippen LogP contribution >= 0.6 is 0 Å². The molecule has 0 radical (unpaired) electrons. The minimum absolute atomic E-state index is 0.0682. The highest BCUT2D eigenvalue weighted by Gasteiger charge is 2.55. The summed E-state index contributed by atoms with van der Waals surface area (Å²) in [6, 6.07) is 25.1. The second kappa shape index (κ2) is 8.55. The fourth-order valence-corrected chi connectivity index (χ4v) is 7.16. The van der Waals surface area contributed by atoms with Gasteiger partial charge >= 0.3 is 5.97 Å². The molecule has 0 amide bonds. The normalized spacial score (nSPS) is 25.1. The van der Waals surface area contributed by atoms with Crippen LogP contribution < -0.4 is 0 Å². The van der Waals surface area contributed by atoms with Crippen LogP contribution in [0.25, 0.3) is 33.5 Å². The summed E-state index contributed by atoms with van der Waals surface area (Å²) in [5.41, 5.74) is 7.98. The molecular formula is C32H32N2O2. The van der Waals surface area contributed by atoms with Crippen LogP contribution in [0.5, 0.6) is 0 Å². The number of ether oxygens (including phenoxy) is 1. The maximum absolute atomic E-state index is 12.9. The first kappa shape index (κ1) is 22.9. The first-order valence-corrected chi connectivity index (χ1v) is 13.0. The number of hydrogen-bond donors (Lipinski definition) is 0. The number of rotatable bonds is 3. The lowest BCUT2D eigenvalue weighted by Crippen LogP contribution is -2.52. The summed E-state index contributed by atoms with van der Waals surface area (Å²) in [5, 5.41) is 0. The molecule has 1 aromatic heterocycles. The largest absolute Gasteiger partial charge is 0.469 e. The van der Waals surface area contributed by atoms with Crippen molar-refractivity contribution in [3.8, 4) is 22.5 Å². The maximum Gasteiger partial charge on any atom is 0.311 e. The third kappa shape index (κ3) is 3.38. The van der Waals surface area contributed by atoms with E-state index in [1.165, 1.54) is 18.2 Å². The molecule has 1 fully saturated rings. The van der Waals surface area contributed by atoms with Crippen molar-refractivity contribution in [1.82, 2.24) is 9.97 Å². The van der Waals surface area contributed by atoms with Crippen molar-refractivity contribution in [1.29, 1.82) is 0 Å². The first-order chi connectivity index (χ1) is 17.5. The molecule has 0 bridgehead atoms. The van der Waals surface area contributed by atoms with Gasteiger partial charge in [0, 0.05) is 11.1 Å². The zero-order valence-corrected chi connectivity index (χ0v) is 21.3. The molecule has 182 valence electrons. The number of aryl methyl sites for hydroxylation is 1. The number of hydrogen-bond acceptors (Lipinski definition) is 4. The van der Waals surface area contributed by atoms with Gasteiger partial charge in [-0.1, -0.05) is 80.1 Å². The Kier molecular flexibility index (Phi) is 5.44. The van der Waals surface area contributed by atoms with Gasteiger partial charge in [0.25, 0.3) is 0 Å². The molecule has 4 heteroatoms. The van der Waals surface area contributed by atoms with Crippen LogP contribution in [0.2, 0.25) is 0 Å². The van der Waals surface area contributed by atoms with Crippen LogP contribution in [-0.4, -0.2) is 23.0 Å². The van der Waals surface area contributed by atoms with Gasteiger partial charge in [0.1, 0.15) is 0 Å². The molecule has 2 aliphatic carbocycles. The van der Waals surface area contributed by atoms with Crippen LogP contribution in [0, 0.1) is 11.3 Å². The highest BCUT2D eigenvalue weighted by Crippen LogP contribution is 2.58. The van der Waals surface area contributed by atoms with Crippen molar-refractivity contribution in [2.45, 2.75) is 51.4 Å². The van der Waals surface area contributed by atoms with Crippen molar-refractivity contribution in [2.24, 2.45) is 11.3 Å². The number of esters is 1. The molecule has 4 aromatic rings. The lowest BCUT2D eigenvalue weighted by atomic mass is 9.49. The Morgan fingerprint density at radius 1 is 0.861 bits per heavy atom. The molecule has 0 spiro atoms. The lowest BCUT2D eigenvalue weighted by molar-refractivity contribution is -0.161. The van der Waals surface area contributed by atoms with Crippen LogP contribution in [-0.2, 0) is 21.4 Å². The second-order valence-corrected chi connectivity index (χ2v) is 10.9. The fourth-order valence-electron chi connectivity index (χ4n) is 7.16. The zero-order valence-electron chi connectivity index (χ0n) is 21.3. The molecule has 1 unspecified atom stereocenters. The summed E-state index contributed by atoms with van der Waals surface area (Å²) in [6.07, 6.45) is 4.83. The molecule has 0 saturated heterocycles. The van der Waals surface area contributed by atoms with Gasteiger partial charge in [-0.3, -0.25) is 4.79 Å². The van der Waals surface area contributed by atoms with Crippen molar-refractivity contribution >= 4 is 17.0 Å². The Morgan fingerprint density at radius 2 is 1.50 bits per heavy atom. The highest BCUT2D eigenvalue weighted by molar-refractivity contribution is 5.89. The topological polar surface area (TPSA) is 52.1 Å². The minimum atomic E-state index is -0.452. The zero-order chi connectivity index (χ0) is 24.9. The summed E-state index contributed by atoms with van der Waals surface area (Å²) < 4.78 is 5.30. The number of carbonyl (C=O) groups excluding carboxylic acids is 1. The molecule has 0 N–H and O–H groups in total. The predicted octanol–water partition coefficient (Wildman–Crippen LogP) is 7.15. The molecular weight excluding hydrogens is 444 g/mol. The number of benzene rings is 3.